The van der Waals surface area contributed by atoms with Crippen LogP contribution in [0.2, 0.25) is 0 Å². The summed E-state index contributed by atoms with van der Waals surface area (Å²) in [5.74, 6) is 0. The van der Waals surface area contributed by atoms with E-state index in [2.05, 4.69) is 0 Å². The van der Waals surface area contributed by atoms with Crippen molar-refractivity contribution in [2.75, 3.05) is 0 Å². The van der Waals surface area contributed by atoms with Crippen molar-refractivity contribution >= 4 is 6.08 Å². The van der Waals surface area contributed by atoms with Crippen molar-refractivity contribution in [3.8, 4) is 0 Å². The summed E-state index contributed by atoms with van der Waals surface area (Å²) in [6.07, 6.45) is 1.30. The summed E-state index contributed by atoms with van der Waals surface area (Å²) in [5, 5.41) is 0. The first kappa shape index (κ1) is 3.21. The lowest BCUT2D eigenvalue weighted by molar-refractivity contribution is 1.31. The maximum absolute atomic E-state index is 7.56. The van der Waals surface area contributed by atoms with Crippen LogP contribution in [0, 0.1) is 0 Å². The van der Waals surface area contributed by atoms with E-state index in [9.17, 15) is 0 Å². The van der Waals surface area contributed by atoms with E-state index < -0.39 is 6.40 Å². The Morgan fingerprint density at radius 1 is 1.44 bits per heavy atom. The van der Waals surface area contributed by atoms with Crippen LogP contribution in [0.25, 0.3) is 6.08 Å². The van der Waals surface area contributed by atoms with Gasteiger partial charge in [0.15, 0.2) is 0 Å². The van der Waals surface area contributed by atoms with Gasteiger partial charge in [-0.1, -0.05) is 36.4 Å². The quantitative estimate of drug-likeness (QED) is 0.490. The van der Waals surface area contributed by atoms with Crippen LogP contribution in [0.15, 0.2) is 30.3 Å². The molecule has 1 atom stereocenters. The maximum Gasteiger partial charge on any atom is 0.0580 e. The van der Waals surface area contributed by atoms with Gasteiger partial charge in [-0.05, 0) is 17.5 Å². The van der Waals surface area contributed by atoms with Crippen molar-refractivity contribution in [3.63, 3.8) is 0 Å². The average molecular weight is 118 g/mol. The van der Waals surface area contributed by atoms with Crippen LogP contribution in [0.3, 0.4) is 0 Å². The van der Waals surface area contributed by atoms with Crippen molar-refractivity contribution in [2.24, 2.45) is 0 Å². The van der Waals surface area contributed by atoms with Gasteiger partial charge in [0.1, 0.15) is 0 Å². The Kier molecular flexibility index (Phi) is 0.616. The van der Waals surface area contributed by atoms with Crippen molar-refractivity contribution in [1.82, 2.24) is 0 Å². The molecule has 0 N–H and O–H groups in total. The zero-order valence-corrected chi connectivity index (χ0v) is 4.96. The van der Waals surface area contributed by atoms with E-state index in [4.69, 9.17) is 2.74 Å². The van der Waals surface area contributed by atoms with Crippen molar-refractivity contribution < 1.29 is 2.74 Å². The van der Waals surface area contributed by atoms with Gasteiger partial charge in [0.25, 0.3) is 0 Å². The Morgan fingerprint density at radius 3 is 3.22 bits per heavy atom. The summed E-state index contributed by atoms with van der Waals surface area (Å²) >= 11 is 0. The number of fused-ring (bicyclic) bond motifs is 1. The second-order valence-corrected chi connectivity index (χ2v) is 2.08. The van der Waals surface area contributed by atoms with E-state index in [-0.39, 0.29) is 0 Å². The molecule has 0 aliphatic heterocycles. The Labute approximate surface area is 57.6 Å². The molecule has 9 heavy (non-hydrogen) atoms. The SMILES string of the molecule is [2H]C1=Cc2ccccc2C1[2H]. The number of benzene rings is 1. The molecule has 0 bridgehead atoms. The fourth-order valence-electron chi connectivity index (χ4n) is 0.995. The van der Waals surface area contributed by atoms with Crippen LogP contribution in [-0.2, 0) is 6.40 Å². The van der Waals surface area contributed by atoms with Crippen LogP contribution in [0.4, 0.5) is 0 Å². The second kappa shape index (κ2) is 1.73. The van der Waals surface area contributed by atoms with Crippen molar-refractivity contribution in [1.29, 1.82) is 0 Å². The first-order chi connectivity index (χ1) is 5.29. The average Bonchev–Trinajstić information content (AvgIpc) is 2.30. The molecule has 0 aromatic heterocycles. The van der Waals surface area contributed by atoms with Crippen molar-refractivity contribution in [3.05, 3.63) is 41.4 Å². The minimum atomic E-state index is -0.453. The van der Waals surface area contributed by atoms with E-state index in [0.717, 1.165) is 11.1 Å². The van der Waals surface area contributed by atoms with Crippen LogP contribution >= 0.6 is 0 Å². The highest BCUT2D eigenvalue weighted by Crippen LogP contribution is 2.17. The first-order valence-electron chi connectivity index (χ1n) is 4.06. The summed E-state index contributed by atoms with van der Waals surface area (Å²) < 4.78 is 15.0. The first-order valence-corrected chi connectivity index (χ1v) is 2.98. The maximum atomic E-state index is 7.56. The van der Waals surface area contributed by atoms with E-state index in [1.807, 2.05) is 24.3 Å². The minimum Gasteiger partial charge on any atom is -0.0795 e. The molecule has 1 aromatic carbocycles. The second-order valence-electron chi connectivity index (χ2n) is 2.08. The van der Waals surface area contributed by atoms with E-state index in [1.165, 1.54) is 0 Å². The molecule has 0 nitrogen and oxygen atoms in total. The highest BCUT2D eigenvalue weighted by atomic mass is 14.0. The molecular formula is C9H8. The topological polar surface area (TPSA) is 0 Å². The normalized spacial score (nSPS) is 26.2. The molecule has 0 radical (unpaired) electrons. The molecule has 0 amide bonds. The Hall–Kier alpha value is -1.04. The highest BCUT2D eigenvalue weighted by molar-refractivity contribution is 5.59. The molecule has 0 saturated carbocycles. The summed E-state index contributed by atoms with van der Waals surface area (Å²) in [6.45, 7) is 0. The largest absolute Gasteiger partial charge is 0.0795 e. The fraction of sp³-hybridized carbons (Fsp3) is 0.111. The van der Waals surface area contributed by atoms with Crippen LogP contribution in [0.5, 0.6) is 0 Å². The molecule has 0 heteroatoms. The molecule has 0 saturated heterocycles. The lowest BCUT2D eigenvalue weighted by atomic mass is 10.1. The minimum absolute atomic E-state index is 0.395. The molecule has 1 aliphatic carbocycles. The van der Waals surface area contributed by atoms with Crippen LogP contribution in [0.1, 0.15) is 13.9 Å². The molecule has 0 spiro atoms. The summed E-state index contributed by atoms with van der Waals surface area (Å²) in [5.41, 5.74) is 1.98. The lowest BCUT2D eigenvalue weighted by Crippen LogP contribution is -1.76. The van der Waals surface area contributed by atoms with Gasteiger partial charge in [0.05, 0.1) is 1.37 Å². The molecule has 2 rings (SSSR count). The predicted molar refractivity (Wildman–Crippen MR) is 39.2 cm³/mol. The smallest absolute Gasteiger partial charge is 0.0580 e. The van der Waals surface area contributed by atoms with Gasteiger partial charge in [-0.3, -0.25) is 0 Å². The summed E-state index contributed by atoms with van der Waals surface area (Å²) in [7, 11) is 0. The van der Waals surface area contributed by atoms with Crippen molar-refractivity contribution in [2.45, 2.75) is 6.40 Å². The molecule has 0 fully saturated rings. The van der Waals surface area contributed by atoms with Crippen LogP contribution in [-0.4, -0.2) is 0 Å². The molecule has 1 unspecified atom stereocenters. The van der Waals surface area contributed by atoms with Gasteiger partial charge in [-0.15, -0.1) is 0 Å². The number of rotatable bonds is 0. The van der Waals surface area contributed by atoms with E-state index >= 15 is 0 Å². The summed E-state index contributed by atoms with van der Waals surface area (Å²) in [6, 6.07) is 8.09. The van der Waals surface area contributed by atoms with Gasteiger partial charge in [0.2, 0.25) is 0 Å². The van der Waals surface area contributed by atoms with Gasteiger partial charge < -0.3 is 0 Å². The summed E-state index contributed by atoms with van der Waals surface area (Å²) in [4.78, 5) is 0. The zero-order valence-electron chi connectivity index (χ0n) is 6.96. The standard InChI is InChI=1S/C9H8/c1-2-5-9-7-3-6-8(9)4-1/h1-6H,7H2/i3D,7D. The molecule has 44 valence electrons. The number of allylic oxidation sites excluding steroid dienone is 1. The Morgan fingerprint density at radius 2 is 2.33 bits per heavy atom. The van der Waals surface area contributed by atoms with Gasteiger partial charge in [-0.2, -0.15) is 0 Å². The number of hydrogen-bond acceptors (Lipinski definition) is 0. The van der Waals surface area contributed by atoms with E-state index in [1.54, 1.807) is 6.08 Å². The zero-order chi connectivity index (χ0) is 7.84. The lowest BCUT2D eigenvalue weighted by Gasteiger charge is -1.93. The third-order valence-electron chi connectivity index (χ3n) is 1.47. The Balaban J connectivity index is 2.58. The third kappa shape index (κ3) is 0.672. The molecule has 0 heterocycles. The molecule has 1 aromatic rings. The molecular weight excluding hydrogens is 108 g/mol. The highest BCUT2D eigenvalue weighted by Gasteiger charge is 2.00. The van der Waals surface area contributed by atoms with Gasteiger partial charge in [-0.25, -0.2) is 0 Å². The van der Waals surface area contributed by atoms with Gasteiger partial charge >= 0.3 is 0 Å². The fourth-order valence-corrected chi connectivity index (χ4v) is 0.995. The van der Waals surface area contributed by atoms with E-state index in [0.29, 0.717) is 6.05 Å². The third-order valence-corrected chi connectivity index (χ3v) is 1.47. The Bertz CT molecular complexity index is 315. The van der Waals surface area contributed by atoms with Crippen LogP contribution < -0.4 is 0 Å². The monoisotopic (exact) mass is 118 g/mol. The predicted octanol–water partition coefficient (Wildman–Crippen LogP) is 2.26. The number of hydrogen-bond donors (Lipinski definition) is 0. The molecule has 1 aliphatic rings. The van der Waals surface area contributed by atoms with Gasteiger partial charge in [0, 0.05) is 1.37 Å².